The number of quaternary nitrogens is 1. The summed E-state index contributed by atoms with van der Waals surface area (Å²) in [6.45, 7) is 3.43. The van der Waals surface area contributed by atoms with Crippen molar-refractivity contribution in [1.82, 2.24) is 9.71 Å². The predicted molar refractivity (Wildman–Crippen MR) is 123 cm³/mol. The first-order valence-electron chi connectivity index (χ1n) is 10.8. The van der Waals surface area contributed by atoms with E-state index in [1.807, 2.05) is 6.07 Å². The van der Waals surface area contributed by atoms with Gasteiger partial charge in [0.1, 0.15) is 6.54 Å². The number of aromatic nitrogens is 1. The Morgan fingerprint density at radius 3 is 2.45 bits per heavy atom. The summed E-state index contributed by atoms with van der Waals surface area (Å²) >= 11 is 0. The number of halogens is 1. The summed E-state index contributed by atoms with van der Waals surface area (Å²) in [5.41, 5.74) is 5.00. The molecule has 31 heavy (non-hydrogen) atoms. The number of fused-ring (bicyclic) bond motifs is 1. The second-order valence-electron chi connectivity index (χ2n) is 8.88. The molecular formula is C24H32BrN3O2S. The minimum atomic E-state index is -3.19. The summed E-state index contributed by atoms with van der Waals surface area (Å²) in [4.78, 5) is 3.42. The van der Waals surface area contributed by atoms with Crippen molar-refractivity contribution in [3.63, 3.8) is 0 Å². The molecule has 3 aromatic rings. The molecule has 0 radical (unpaired) electrons. The van der Waals surface area contributed by atoms with Crippen LogP contribution in [0.25, 0.3) is 10.9 Å². The molecule has 0 saturated carbocycles. The third kappa shape index (κ3) is 5.77. The van der Waals surface area contributed by atoms with Gasteiger partial charge in [0, 0.05) is 35.5 Å². The first-order valence-corrected chi connectivity index (χ1v) is 12.4. The largest absolute Gasteiger partial charge is 1.00 e. The number of aromatic amines is 1. The Balaban J connectivity index is 0.00000272. The summed E-state index contributed by atoms with van der Waals surface area (Å²) in [5, 5.41) is 1.25. The van der Waals surface area contributed by atoms with E-state index < -0.39 is 10.0 Å². The van der Waals surface area contributed by atoms with E-state index in [0.29, 0.717) is 12.3 Å². The quantitative estimate of drug-likeness (QED) is 0.466. The predicted octanol–water partition coefficient (Wildman–Crippen LogP) is 0.788. The number of nitrogens with one attached hydrogen (secondary N) is 2. The van der Waals surface area contributed by atoms with Crippen LogP contribution in [0.2, 0.25) is 0 Å². The first-order chi connectivity index (χ1) is 14.4. The molecule has 168 valence electrons. The van der Waals surface area contributed by atoms with E-state index in [1.54, 1.807) is 0 Å². The lowest BCUT2D eigenvalue weighted by molar-refractivity contribution is -0.927. The van der Waals surface area contributed by atoms with Crippen molar-refractivity contribution in [3.8, 4) is 0 Å². The molecule has 1 fully saturated rings. The molecule has 1 saturated heterocycles. The molecule has 5 nitrogen and oxygen atoms in total. The van der Waals surface area contributed by atoms with Gasteiger partial charge >= 0.3 is 0 Å². The fourth-order valence-corrected chi connectivity index (χ4v) is 5.43. The second-order valence-corrected chi connectivity index (χ2v) is 10.9. The number of H-pyrrole nitrogens is 1. The van der Waals surface area contributed by atoms with Crippen LogP contribution in [0.15, 0.2) is 54.7 Å². The lowest BCUT2D eigenvalue weighted by atomic mass is 9.87. The van der Waals surface area contributed by atoms with Crippen LogP contribution in [-0.2, 0) is 23.0 Å². The lowest BCUT2D eigenvalue weighted by Crippen LogP contribution is -3.00. The molecule has 4 rings (SSSR count). The van der Waals surface area contributed by atoms with Gasteiger partial charge in [-0.3, -0.25) is 0 Å². The van der Waals surface area contributed by atoms with Crippen molar-refractivity contribution in [2.24, 2.45) is 0 Å². The van der Waals surface area contributed by atoms with Crippen molar-refractivity contribution in [1.29, 1.82) is 0 Å². The van der Waals surface area contributed by atoms with Gasteiger partial charge in [-0.15, -0.1) is 0 Å². The zero-order valence-electron chi connectivity index (χ0n) is 18.3. The number of nitrogens with zero attached hydrogens (tertiary/aromatic N) is 1. The Labute approximate surface area is 196 Å². The van der Waals surface area contributed by atoms with Gasteiger partial charge in [-0.25, -0.2) is 13.1 Å². The van der Waals surface area contributed by atoms with E-state index >= 15 is 0 Å². The van der Waals surface area contributed by atoms with Gasteiger partial charge in [0.2, 0.25) is 10.0 Å². The highest BCUT2D eigenvalue weighted by molar-refractivity contribution is 7.89. The van der Waals surface area contributed by atoms with E-state index in [4.69, 9.17) is 0 Å². The molecule has 1 aromatic heterocycles. The second kappa shape index (κ2) is 9.86. The SMILES string of the molecule is CNS(=O)(=O)CCc1ccc2[nH]cc(C3CC[N+](C)(Cc4ccccc4)CC3)c2c1.[Br-]. The average Bonchev–Trinajstić information content (AvgIpc) is 3.17. The number of benzene rings is 2. The van der Waals surface area contributed by atoms with Crippen molar-refractivity contribution in [2.75, 3.05) is 32.9 Å². The Morgan fingerprint density at radius 1 is 1.06 bits per heavy atom. The Bertz CT molecular complexity index is 1100. The highest BCUT2D eigenvalue weighted by Crippen LogP contribution is 2.36. The summed E-state index contributed by atoms with van der Waals surface area (Å²) in [7, 11) is 0.655. The number of aryl methyl sites for hydroxylation is 1. The highest BCUT2D eigenvalue weighted by atomic mass is 79.9. The lowest BCUT2D eigenvalue weighted by Gasteiger charge is -2.40. The maximum atomic E-state index is 11.8. The number of hydrogen-bond donors (Lipinski definition) is 2. The van der Waals surface area contributed by atoms with Crippen LogP contribution in [0.1, 0.15) is 35.4 Å². The molecule has 0 amide bonds. The van der Waals surface area contributed by atoms with Crippen LogP contribution in [0.3, 0.4) is 0 Å². The van der Waals surface area contributed by atoms with E-state index in [9.17, 15) is 8.42 Å². The van der Waals surface area contributed by atoms with Gasteiger partial charge < -0.3 is 26.4 Å². The van der Waals surface area contributed by atoms with Crippen molar-refractivity contribution < 1.29 is 29.9 Å². The van der Waals surface area contributed by atoms with Gasteiger partial charge in [0.15, 0.2) is 0 Å². The maximum absolute atomic E-state index is 11.8. The average molecular weight is 507 g/mol. The standard InChI is InChI=1S/C24H32N3O2S.BrH/c1-25-30(28,29)15-12-19-8-9-24-22(16-19)23(17-26-24)21-10-13-27(2,14-11-21)18-20-6-4-3-5-7-20;/h3-9,16-17,21,25-26H,10-15,18H2,1-2H3;1H/q+1;/p-1. The fraction of sp³-hybridized carbons (Fsp3) is 0.417. The van der Waals surface area contributed by atoms with Crippen LogP contribution in [-0.4, -0.2) is 50.8 Å². The third-order valence-corrected chi connectivity index (χ3v) is 7.99. The zero-order chi connectivity index (χ0) is 21.2. The minimum Gasteiger partial charge on any atom is -1.00 e. The van der Waals surface area contributed by atoms with Crippen molar-refractivity contribution >= 4 is 20.9 Å². The topological polar surface area (TPSA) is 62.0 Å². The molecule has 0 bridgehead atoms. The Kier molecular flexibility index (Phi) is 7.63. The monoisotopic (exact) mass is 505 g/mol. The molecule has 1 aliphatic rings. The Hall–Kier alpha value is -1.67. The molecule has 0 unspecified atom stereocenters. The van der Waals surface area contributed by atoms with Gasteiger partial charge in [0.25, 0.3) is 0 Å². The van der Waals surface area contributed by atoms with E-state index in [0.717, 1.165) is 22.1 Å². The van der Waals surface area contributed by atoms with Crippen LogP contribution >= 0.6 is 0 Å². The molecule has 0 aliphatic carbocycles. The summed E-state index contributed by atoms with van der Waals surface area (Å²) < 4.78 is 27.0. The molecular weight excluding hydrogens is 474 g/mol. The fourth-order valence-electron chi connectivity index (χ4n) is 4.72. The molecule has 2 aromatic carbocycles. The summed E-state index contributed by atoms with van der Waals surface area (Å²) in [6.07, 6.45) is 5.04. The number of sulfonamides is 1. The van der Waals surface area contributed by atoms with E-state index in [1.165, 1.54) is 49.5 Å². The number of rotatable bonds is 7. The van der Waals surface area contributed by atoms with E-state index in [-0.39, 0.29) is 22.7 Å². The molecule has 1 aliphatic heterocycles. The van der Waals surface area contributed by atoms with Gasteiger partial charge in [0.05, 0.1) is 25.9 Å². The Morgan fingerprint density at radius 2 is 1.77 bits per heavy atom. The molecule has 2 heterocycles. The number of piperidine rings is 1. The zero-order valence-corrected chi connectivity index (χ0v) is 20.7. The van der Waals surface area contributed by atoms with Crippen LogP contribution in [0.5, 0.6) is 0 Å². The van der Waals surface area contributed by atoms with E-state index in [2.05, 4.69) is 65.4 Å². The normalized spacial score (nSPS) is 21.7. The minimum absolute atomic E-state index is 0. The molecule has 0 atom stereocenters. The molecule has 7 heteroatoms. The maximum Gasteiger partial charge on any atom is 0.211 e. The summed E-state index contributed by atoms with van der Waals surface area (Å²) in [5.74, 6) is 0.671. The summed E-state index contributed by atoms with van der Waals surface area (Å²) in [6, 6.07) is 17.1. The molecule has 2 N–H and O–H groups in total. The van der Waals surface area contributed by atoms with Gasteiger partial charge in [-0.2, -0.15) is 0 Å². The highest BCUT2D eigenvalue weighted by Gasteiger charge is 2.31. The van der Waals surface area contributed by atoms with Crippen LogP contribution < -0.4 is 21.7 Å². The number of hydrogen-bond acceptors (Lipinski definition) is 2. The van der Waals surface area contributed by atoms with Crippen molar-refractivity contribution in [2.45, 2.75) is 31.7 Å². The van der Waals surface area contributed by atoms with Gasteiger partial charge in [-0.1, -0.05) is 36.4 Å². The first kappa shape index (κ1) is 24.0. The molecule has 0 spiro atoms. The van der Waals surface area contributed by atoms with Crippen molar-refractivity contribution in [3.05, 3.63) is 71.4 Å². The smallest absolute Gasteiger partial charge is 0.211 e. The van der Waals surface area contributed by atoms with Crippen LogP contribution in [0, 0.1) is 0 Å². The van der Waals surface area contributed by atoms with Crippen LogP contribution in [0.4, 0.5) is 0 Å². The number of likely N-dealkylation sites (tertiary alicyclic amines) is 1. The third-order valence-electron chi connectivity index (χ3n) is 6.63. The van der Waals surface area contributed by atoms with Gasteiger partial charge in [-0.05, 0) is 42.6 Å².